The summed E-state index contributed by atoms with van der Waals surface area (Å²) in [6.07, 6.45) is -2.14. The van der Waals surface area contributed by atoms with E-state index in [1.165, 1.54) is 31.2 Å². The summed E-state index contributed by atoms with van der Waals surface area (Å²) in [7, 11) is 0. The highest BCUT2D eigenvalue weighted by Crippen LogP contribution is 2.14. The Morgan fingerprint density at radius 2 is 0.844 bits per heavy atom. The Hall–Kier alpha value is -7.35. The van der Waals surface area contributed by atoms with Gasteiger partial charge in [0.1, 0.15) is 42.0 Å². The van der Waals surface area contributed by atoms with E-state index in [1.54, 1.807) is 74.5 Å². The van der Waals surface area contributed by atoms with Crippen LogP contribution in [0.5, 0.6) is 5.75 Å². The second-order valence-electron chi connectivity index (χ2n) is 15.3. The highest BCUT2D eigenvalue weighted by Gasteiger charge is 2.36. The van der Waals surface area contributed by atoms with Crippen LogP contribution in [0.15, 0.2) is 84.9 Å². The number of aliphatic carboxylic acids is 3. The van der Waals surface area contributed by atoms with Crippen LogP contribution in [0.1, 0.15) is 56.7 Å². The van der Waals surface area contributed by atoms with Gasteiger partial charge in [0.2, 0.25) is 35.4 Å². The third-order valence-corrected chi connectivity index (χ3v) is 10.1. The number of benzene rings is 3. The topological polar surface area (TPSA) is 333 Å². The van der Waals surface area contributed by atoms with Crippen LogP contribution in [0.2, 0.25) is 0 Å². The standard InChI is InChI=1S/C44H55N7O13/c1-4-24(2)37(51-42(61)33(23-36(55)56)46-38(57)25(3)45)43(62)49-32(22-35(53)54)41(60)48-30(19-26-11-7-5-8-12-26)39(58)47-31(20-28-15-17-29(52)18-16-28)40(59)50-34(44(63)64)21-27-13-9-6-10-14-27/h5-18,24-25,30-34,37,52H,4,19-23,45H2,1-3H3,(H,46,57)(H,47,58)(H,48,60)(H,49,62)(H,50,59)(H,51,61)(H,53,54)(H,55,56)(H,63,64)/t24-,25-,30-,31-,32-,33-,34-,37-/m0/s1. The number of carbonyl (C=O) groups is 9. The largest absolute Gasteiger partial charge is 0.508 e. The smallest absolute Gasteiger partial charge is 0.326 e. The number of nitrogens with one attached hydrogen (secondary N) is 6. The molecule has 0 spiro atoms. The minimum Gasteiger partial charge on any atom is -0.508 e. The molecule has 0 saturated carbocycles. The number of nitrogens with two attached hydrogens (primary N) is 1. The van der Waals surface area contributed by atoms with Crippen molar-refractivity contribution in [3.63, 3.8) is 0 Å². The Morgan fingerprint density at radius 3 is 1.25 bits per heavy atom. The zero-order valence-electron chi connectivity index (χ0n) is 35.5. The predicted molar refractivity (Wildman–Crippen MR) is 229 cm³/mol. The van der Waals surface area contributed by atoms with Gasteiger partial charge in [0, 0.05) is 19.3 Å². The van der Waals surface area contributed by atoms with Crippen LogP contribution in [-0.2, 0) is 62.4 Å². The van der Waals surface area contributed by atoms with Gasteiger partial charge in [-0.05, 0) is 41.7 Å². The van der Waals surface area contributed by atoms with Crippen LogP contribution < -0.4 is 37.6 Å². The molecule has 12 N–H and O–H groups in total. The minimum absolute atomic E-state index is 0.0814. The number of hydrogen-bond donors (Lipinski definition) is 11. The fraction of sp³-hybridized carbons (Fsp3) is 0.386. The number of amides is 6. The molecule has 0 aliphatic carbocycles. The van der Waals surface area contributed by atoms with Crippen molar-refractivity contribution in [2.45, 2.75) is 102 Å². The van der Waals surface area contributed by atoms with Crippen molar-refractivity contribution >= 4 is 53.4 Å². The first kappa shape index (κ1) is 51.0. The van der Waals surface area contributed by atoms with Crippen molar-refractivity contribution in [3.05, 3.63) is 102 Å². The first-order valence-corrected chi connectivity index (χ1v) is 20.4. The molecule has 0 radical (unpaired) electrons. The van der Waals surface area contributed by atoms with E-state index in [0.29, 0.717) is 16.7 Å². The van der Waals surface area contributed by atoms with Gasteiger partial charge in [-0.2, -0.15) is 0 Å². The van der Waals surface area contributed by atoms with Gasteiger partial charge in [-0.3, -0.25) is 38.4 Å². The second-order valence-corrected chi connectivity index (χ2v) is 15.3. The van der Waals surface area contributed by atoms with E-state index in [9.17, 15) is 63.6 Å². The molecular weight excluding hydrogens is 835 g/mol. The fourth-order valence-electron chi connectivity index (χ4n) is 6.29. The first-order chi connectivity index (χ1) is 30.3. The van der Waals surface area contributed by atoms with Gasteiger partial charge in [-0.25, -0.2) is 4.79 Å². The van der Waals surface area contributed by atoms with Crippen LogP contribution >= 0.6 is 0 Å². The summed E-state index contributed by atoms with van der Waals surface area (Å²) in [5.74, 6) is -11.1. The van der Waals surface area contributed by atoms with Gasteiger partial charge >= 0.3 is 17.9 Å². The van der Waals surface area contributed by atoms with Crippen LogP contribution in [0, 0.1) is 5.92 Å². The molecule has 20 heteroatoms. The van der Waals surface area contributed by atoms with Gasteiger partial charge in [0.25, 0.3) is 0 Å². The van der Waals surface area contributed by atoms with Crippen molar-refractivity contribution in [2.24, 2.45) is 11.7 Å². The molecule has 0 saturated heterocycles. The van der Waals surface area contributed by atoms with Crippen molar-refractivity contribution in [1.29, 1.82) is 0 Å². The lowest BCUT2D eigenvalue weighted by atomic mass is 9.97. The highest BCUT2D eigenvalue weighted by atomic mass is 16.4. The summed E-state index contributed by atoms with van der Waals surface area (Å²) in [4.78, 5) is 117. The molecule has 3 aromatic carbocycles. The lowest BCUT2D eigenvalue weighted by molar-refractivity contribution is -0.142. The van der Waals surface area contributed by atoms with E-state index in [2.05, 4.69) is 31.9 Å². The summed E-state index contributed by atoms with van der Waals surface area (Å²) in [5, 5.41) is 53.5. The summed E-state index contributed by atoms with van der Waals surface area (Å²) in [6, 6.07) is 11.9. The average molecular weight is 890 g/mol. The number of carboxylic acids is 3. The molecule has 0 aliphatic rings. The number of aromatic hydroxyl groups is 1. The summed E-state index contributed by atoms with van der Waals surface area (Å²) >= 11 is 0. The molecular formula is C44H55N7O13. The number of carboxylic acid groups (broad SMARTS) is 3. The molecule has 3 aromatic rings. The average Bonchev–Trinajstić information content (AvgIpc) is 3.24. The quantitative estimate of drug-likeness (QED) is 0.0523. The third-order valence-electron chi connectivity index (χ3n) is 10.1. The van der Waals surface area contributed by atoms with Gasteiger partial charge in [-0.1, -0.05) is 93.1 Å². The minimum atomic E-state index is -1.86. The van der Waals surface area contributed by atoms with Gasteiger partial charge in [0.15, 0.2) is 0 Å². The number of phenolic OH excluding ortho intramolecular Hbond substituents is 1. The number of carbonyl (C=O) groups excluding carboxylic acids is 6. The molecule has 6 amide bonds. The van der Waals surface area contributed by atoms with Gasteiger partial charge in [0.05, 0.1) is 18.9 Å². The van der Waals surface area contributed by atoms with Crippen molar-refractivity contribution in [2.75, 3.05) is 0 Å². The number of hydrogen-bond acceptors (Lipinski definition) is 11. The molecule has 344 valence electrons. The van der Waals surface area contributed by atoms with E-state index >= 15 is 0 Å². The Balaban J connectivity index is 1.94. The molecule has 64 heavy (non-hydrogen) atoms. The normalized spacial score (nSPS) is 14.6. The van der Waals surface area contributed by atoms with Crippen molar-refractivity contribution in [3.8, 4) is 5.75 Å². The lowest BCUT2D eigenvalue weighted by Crippen LogP contribution is -2.61. The molecule has 0 unspecified atom stereocenters. The second kappa shape index (κ2) is 24.9. The maximum atomic E-state index is 14.2. The van der Waals surface area contributed by atoms with Crippen LogP contribution in [0.3, 0.4) is 0 Å². The number of rotatable bonds is 25. The van der Waals surface area contributed by atoms with E-state index < -0.39 is 114 Å². The molecule has 3 rings (SSSR count). The van der Waals surface area contributed by atoms with E-state index in [4.69, 9.17) is 5.73 Å². The Labute approximate surface area is 368 Å². The summed E-state index contributed by atoms with van der Waals surface area (Å²) in [6.45, 7) is 4.52. The Bertz CT molecular complexity index is 2100. The molecule has 20 nitrogen and oxygen atoms in total. The molecule has 8 atom stereocenters. The Morgan fingerprint density at radius 1 is 0.484 bits per heavy atom. The number of phenols is 1. The lowest BCUT2D eigenvalue weighted by Gasteiger charge is -2.29. The highest BCUT2D eigenvalue weighted by molar-refractivity contribution is 5.98. The molecule has 0 heterocycles. The molecule has 0 fully saturated rings. The monoisotopic (exact) mass is 889 g/mol. The van der Waals surface area contributed by atoms with E-state index in [1.807, 2.05) is 0 Å². The first-order valence-electron chi connectivity index (χ1n) is 20.4. The molecule has 0 bridgehead atoms. The molecule has 0 aromatic heterocycles. The summed E-state index contributed by atoms with van der Waals surface area (Å²) in [5.41, 5.74) is 7.14. The SMILES string of the molecule is CC[C@H](C)[C@H](NC(=O)[C@H](CC(=O)O)NC(=O)[C@H](C)N)C(=O)N[C@@H](CC(=O)O)C(=O)N[C@@H](Cc1ccccc1)C(=O)N[C@@H](Cc1ccc(O)cc1)C(=O)N[C@@H](Cc1ccccc1)C(=O)O. The maximum absolute atomic E-state index is 14.2. The van der Waals surface area contributed by atoms with Gasteiger partial charge in [-0.15, -0.1) is 0 Å². The van der Waals surface area contributed by atoms with Crippen LogP contribution in [0.25, 0.3) is 0 Å². The van der Waals surface area contributed by atoms with Gasteiger partial charge < -0.3 is 58.1 Å². The maximum Gasteiger partial charge on any atom is 0.326 e. The van der Waals surface area contributed by atoms with E-state index in [0.717, 1.165) is 0 Å². The summed E-state index contributed by atoms with van der Waals surface area (Å²) < 4.78 is 0. The zero-order chi connectivity index (χ0) is 47.5. The predicted octanol–water partition coefficient (Wildman–Crippen LogP) is -0.244. The van der Waals surface area contributed by atoms with E-state index in [-0.39, 0.29) is 31.4 Å². The van der Waals surface area contributed by atoms with Crippen molar-refractivity contribution < 1.29 is 63.6 Å². The molecule has 0 aliphatic heterocycles. The zero-order valence-corrected chi connectivity index (χ0v) is 35.5. The Kier molecular flexibility index (Phi) is 19.9. The fourth-order valence-corrected chi connectivity index (χ4v) is 6.29. The van der Waals surface area contributed by atoms with Crippen molar-refractivity contribution in [1.82, 2.24) is 31.9 Å². The van der Waals surface area contributed by atoms with Crippen LogP contribution in [0.4, 0.5) is 0 Å². The van der Waals surface area contributed by atoms with Crippen LogP contribution in [-0.4, -0.2) is 116 Å². The third kappa shape index (κ3) is 16.8.